The molecule has 3 rings (SSSR count). The average molecular weight is 289 g/mol. The van der Waals surface area contributed by atoms with Crippen molar-refractivity contribution in [1.82, 2.24) is 0 Å². The van der Waals surface area contributed by atoms with Gasteiger partial charge in [0.2, 0.25) is 0 Å². The van der Waals surface area contributed by atoms with Crippen LogP contribution in [0.2, 0.25) is 0 Å². The van der Waals surface area contributed by atoms with Crippen molar-refractivity contribution in [2.75, 3.05) is 0 Å². The first-order valence-electron chi connectivity index (χ1n) is 9.98. The highest BCUT2D eigenvalue weighted by molar-refractivity contribution is 4.89. The van der Waals surface area contributed by atoms with Gasteiger partial charge >= 0.3 is 0 Å². The van der Waals surface area contributed by atoms with Crippen molar-refractivity contribution in [2.45, 2.75) is 90.4 Å². The molecule has 0 heteroatoms. The van der Waals surface area contributed by atoms with Gasteiger partial charge in [0.15, 0.2) is 0 Å². The second kappa shape index (κ2) is 7.84. The first-order valence-corrected chi connectivity index (χ1v) is 9.98. The van der Waals surface area contributed by atoms with Crippen molar-refractivity contribution >= 4 is 0 Å². The lowest BCUT2D eigenvalue weighted by Gasteiger charge is -2.39. The van der Waals surface area contributed by atoms with E-state index in [0.29, 0.717) is 0 Å². The van der Waals surface area contributed by atoms with E-state index in [-0.39, 0.29) is 0 Å². The molecule has 3 aliphatic rings. The Morgan fingerprint density at radius 2 is 1.19 bits per heavy atom. The van der Waals surface area contributed by atoms with Crippen molar-refractivity contribution in [2.24, 2.45) is 29.6 Å². The summed E-state index contributed by atoms with van der Waals surface area (Å²) in [6.07, 6.45) is 24.7. The Bertz CT molecular complexity index is 309. The molecule has 0 spiro atoms. The maximum absolute atomic E-state index is 2.44. The summed E-state index contributed by atoms with van der Waals surface area (Å²) < 4.78 is 0. The van der Waals surface area contributed by atoms with Gasteiger partial charge in [0.05, 0.1) is 0 Å². The lowest BCUT2D eigenvalue weighted by molar-refractivity contribution is 0.132. The fraction of sp³-hybridized carbons (Fsp3) is 0.905. The normalized spacial score (nSPS) is 38.5. The van der Waals surface area contributed by atoms with Crippen LogP contribution in [0.4, 0.5) is 0 Å². The topological polar surface area (TPSA) is 0 Å². The van der Waals surface area contributed by atoms with E-state index in [1.54, 1.807) is 51.4 Å². The largest absolute Gasteiger partial charge is 0.0914 e. The highest BCUT2D eigenvalue weighted by Crippen LogP contribution is 2.44. The van der Waals surface area contributed by atoms with E-state index < -0.39 is 0 Å². The molecule has 0 amide bonds. The van der Waals surface area contributed by atoms with Crippen molar-refractivity contribution in [1.29, 1.82) is 0 Å². The summed E-state index contributed by atoms with van der Waals surface area (Å²) in [6.45, 7) is 2.17. The van der Waals surface area contributed by atoms with Crippen molar-refractivity contribution < 1.29 is 0 Å². The van der Waals surface area contributed by atoms with Gasteiger partial charge in [-0.3, -0.25) is 0 Å². The molecule has 3 fully saturated rings. The molecule has 3 saturated carbocycles. The van der Waals surface area contributed by atoms with E-state index in [1.807, 2.05) is 0 Å². The molecule has 3 aliphatic carbocycles. The summed E-state index contributed by atoms with van der Waals surface area (Å²) in [7, 11) is 0. The van der Waals surface area contributed by atoms with Gasteiger partial charge in [-0.2, -0.15) is 0 Å². The van der Waals surface area contributed by atoms with Gasteiger partial charge in [0.1, 0.15) is 0 Å². The zero-order valence-corrected chi connectivity index (χ0v) is 14.2. The Labute approximate surface area is 132 Å². The van der Waals surface area contributed by atoms with Gasteiger partial charge in [-0.25, -0.2) is 0 Å². The highest BCUT2D eigenvalue weighted by atomic mass is 14.4. The lowest BCUT2D eigenvalue weighted by atomic mass is 9.67. The van der Waals surface area contributed by atoms with Gasteiger partial charge < -0.3 is 0 Å². The molecule has 0 saturated heterocycles. The van der Waals surface area contributed by atoms with E-state index in [9.17, 15) is 0 Å². The van der Waals surface area contributed by atoms with Crippen LogP contribution in [0.25, 0.3) is 0 Å². The fourth-order valence-corrected chi connectivity index (χ4v) is 5.27. The Hall–Kier alpha value is -0.260. The summed E-state index contributed by atoms with van der Waals surface area (Å²) in [5.74, 6) is 5.34. The van der Waals surface area contributed by atoms with Crippen molar-refractivity contribution in [3.63, 3.8) is 0 Å². The molecule has 0 aromatic rings. The lowest BCUT2D eigenvalue weighted by Crippen LogP contribution is -2.26. The molecular formula is C21H36. The Kier molecular flexibility index (Phi) is 5.83. The molecule has 0 N–H and O–H groups in total. The van der Waals surface area contributed by atoms with Crippen LogP contribution in [0.3, 0.4) is 0 Å². The van der Waals surface area contributed by atoms with Crippen LogP contribution >= 0.6 is 0 Å². The minimum atomic E-state index is 0.907. The number of rotatable bonds is 5. The molecule has 0 bridgehead atoms. The predicted octanol–water partition coefficient (Wildman–Crippen LogP) is 6.76. The van der Waals surface area contributed by atoms with Gasteiger partial charge in [0.25, 0.3) is 0 Å². The molecule has 0 heterocycles. The summed E-state index contributed by atoms with van der Waals surface area (Å²) >= 11 is 0. The van der Waals surface area contributed by atoms with Gasteiger partial charge in [-0.05, 0) is 75.0 Å². The number of hydrogen-bond donors (Lipinski definition) is 0. The Morgan fingerprint density at radius 3 is 1.67 bits per heavy atom. The zero-order valence-electron chi connectivity index (χ0n) is 14.2. The summed E-state index contributed by atoms with van der Waals surface area (Å²) in [6, 6.07) is 0. The SMILES string of the molecule is C/C=C/C1CCC(CCC2CCC(C3CCC3)CC2)CC1. The molecule has 21 heavy (non-hydrogen) atoms. The molecule has 0 nitrogen and oxygen atoms in total. The van der Waals surface area contributed by atoms with Crippen LogP contribution < -0.4 is 0 Å². The minimum absolute atomic E-state index is 0.907. The van der Waals surface area contributed by atoms with Crippen molar-refractivity contribution in [3.05, 3.63) is 12.2 Å². The molecular weight excluding hydrogens is 252 g/mol. The van der Waals surface area contributed by atoms with Gasteiger partial charge in [-0.1, -0.05) is 57.1 Å². The standard InChI is InChI=1S/C21H36/c1-2-4-17-7-9-18(10-8-17)11-12-19-13-15-21(16-14-19)20-5-3-6-20/h2,4,17-21H,3,5-16H2,1H3/b4-2+. The van der Waals surface area contributed by atoms with Crippen LogP contribution in [0, 0.1) is 29.6 Å². The third kappa shape index (κ3) is 4.36. The highest BCUT2D eigenvalue weighted by Gasteiger charge is 2.31. The minimum Gasteiger partial charge on any atom is -0.0914 e. The van der Waals surface area contributed by atoms with E-state index in [4.69, 9.17) is 0 Å². The smallest absolute Gasteiger partial charge is 0.0233 e. The van der Waals surface area contributed by atoms with Crippen LogP contribution in [-0.4, -0.2) is 0 Å². The number of hydrogen-bond acceptors (Lipinski definition) is 0. The van der Waals surface area contributed by atoms with E-state index >= 15 is 0 Å². The molecule has 0 aliphatic heterocycles. The van der Waals surface area contributed by atoms with Crippen LogP contribution in [-0.2, 0) is 0 Å². The first kappa shape index (κ1) is 15.6. The van der Waals surface area contributed by atoms with Crippen LogP contribution in [0.1, 0.15) is 90.4 Å². The van der Waals surface area contributed by atoms with E-state index in [0.717, 1.165) is 29.6 Å². The van der Waals surface area contributed by atoms with Gasteiger partial charge in [0, 0.05) is 0 Å². The predicted molar refractivity (Wildman–Crippen MR) is 92.3 cm³/mol. The Balaban J connectivity index is 1.30. The maximum atomic E-state index is 2.44. The summed E-state index contributed by atoms with van der Waals surface area (Å²) in [5, 5.41) is 0. The molecule has 120 valence electrons. The van der Waals surface area contributed by atoms with Crippen LogP contribution in [0.5, 0.6) is 0 Å². The third-order valence-electron chi connectivity index (χ3n) is 7.05. The van der Waals surface area contributed by atoms with Crippen LogP contribution in [0.15, 0.2) is 12.2 Å². The van der Waals surface area contributed by atoms with Crippen molar-refractivity contribution in [3.8, 4) is 0 Å². The molecule has 0 atom stereocenters. The fourth-order valence-electron chi connectivity index (χ4n) is 5.27. The molecule has 0 aromatic carbocycles. The first-order chi connectivity index (χ1) is 10.3. The van der Waals surface area contributed by atoms with Gasteiger partial charge in [-0.15, -0.1) is 0 Å². The number of allylic oxidation sites excluding steroid dienone is 2. The Morgan fingerprint density at radius 1 is 0.667 bits per heavy atom. The molecule has 0 radical (unpaired) electrons. The van der Waals surface area contributed by atoms with E-state index in [1.165, 1.54) is 32.1 Å². The monoisotopic (exact) mass is 288 g/mol. The summed E-state index contributed by atoms with van der Waals surface area (Å²) in [5.41, 5.74) is 0. The zero-order chi connectivity index (χ0) is 14.5. The summed E-state index contributed by atoms with van der Waals surface area (Å²) in [4.78, 5) is 0. The average Bonchev–Trinajstić information content (AvgIpc) is 2.47. The quantitative estimate of drug-likeness (QED) is 0.490. The molecule has 0 unspecified atom stereocenters. The second-order valence-electron chi connectivity index (χ2n) is 8.36. The second-order valence-corrected chi connectivity index (χ2v) is 8.36. The molecule has 0 aromatic heterocycles. The maximum Gasteiger partial charge on any atom is -0.0233 e. The van der Waals surface area contributed by atoms with E-state index in [2.05, 4.69) is 19.1 Å². The third-order valence-corrected chi connectivity index (χ3v) is 7.05.